The van der Waals surface area contributed by atoms with E-state index in [2.05, 4.69) is 20.8 Å². The van der Waals surface area contributed by atoms with E-state index in [4.69, 9.17) is 4.52 Å². The molecular weight excluding hydrogens is 318 g/mol. The fraction of sp³-hybridized carbons (Fsp3) is 0.438. The molecule has 3 rings (SSSR count). The topological polar surface area (TPSA) is 80.0 Å². The van der Waals surface area contributed by atoms with Crippen molar-refractivity contribution in [3.05, 3.63) is 47.6 Å². The second-order valence-corrected chi connectivity index (χ2v) is 5.93. The number of amides is 1. The summed E-state index contributed by atoms with van der Waals surface area (Å²) in [6.45, 7) is 1.20. The van der Waals surface area contributed by atoms with Crippen molar-refractivity contribution >= 4 is 5.91 Å². The van der Waals surface area contributed by atoms with Gasteiger partial charge in [-0.05, 0) is 12.5 Å². The molecule has 1 aliphatic heterocycles. The Hall–Kier alpha value is -2.35. The number of halogens is 2. The van der Waals surface area contributed by atoms with E-state index in [9.17, 15) is 13.6 Å². The molecule has 0 saturated carbocycles. The largest absolute Gasteiger partial charge is 0.345 e. The summed E-state index contributed by atoms with van der Waals surface area (Å²) < 4.78 is 31.5. The first-order valence-electron chi connectivity index (χ1n) is 7.71. The Balaban J connectivity index is 1.58. The number of nitrogens with one attached hydrogen (secondary N) is 2. The van der Waals surface area contributed by atoms with Crippen LogP contribution < -0.4 is 10.6 Å². The van der Waals surface area contributed by atoms with Crippen LogP contribution in [0.1, 0.15) is 36.7 Å². The molecule has 0 spiro atoms. The summed E-state index contributed by atoms with van der Waals surface area (Å²) in [5.41, 5.74) is 1.03. The number of carbonyl (C=O) groups excluding carboxylic acids is 1. The number of hydrogen-bond donors (Lipinski definition) is 2. The first-order valence-corrected chi connectivity index (χ1v) is 7.71. The molecule has 1 aliphatic rings. The maximum atomic E-state index is 13.1. The number of benzene rings is 1. The van der Waals surface area contributed by atoms with E-state index in [0.29, 0.717) is 18.1 Å². The molecule has 2 unspecified atom stereocenters. The maximum Gasteiger partial charge on any atom is 0.262 e. The number of carbonyl (C=O) groups is 1. The summed E-state index contributed by atoms with van der Waals surface area (Å²) in [5, 5.41) is 9.00. The lowest BCUT2D eigenvalue weighted by Gasteiger charge is -2.14. The van der Waals surface area contributed by atoms with Crippen LogP contribution in [0.15, 0.2) is 34.9 Å². The third kappa shape index (κ3) is 3.94. The summed E-state index contributed by atoms with van der Waals surface area (Å²) >= 11 is 0. The Morgan fingerprint density at radius 1 is 1.46 bits per heavy atom. The Morgan fingerprint density at radius 3 is 2.88 bits per heavy atom. The molecule has 2 heterocycles. The van der Waals surface area contributed by atoms with E-state index >= 15 is 0 Å². The average Bonchev–Trinajstić information content (AvgIpc) is 3.15. The van der Waals surface area contributed by atoms with E-state index in [1.165, 1.54) is 0 Å². The zero-order chi connectivity index (χ0) is 17.2. The molecule has 1 saturated heterocycles. The third-order valence-electron chi connectivity index (χ3n) is 3.85. The highest BCUT2D eigenvalue weighted by molar-refractivity contribution is 5.82. The van der Waals surface area contributed by atoms with Gasteiger partial charge in [-0.25, -0.2) is 8.78 Å². The first kappa shape index (κ1) is 16.5. The second-order valence-electron chi connectivity index (χ2n) is 5.93. The van der Waals surface area contributed by atoms with Gasteiger partial charge in [0.1, 0.15) is 0 Å². The number of nitrogens with zero attached hydrogens (tertiary/aromatic N) is 2. The second kappa shape index (κ2) is 6.64. The minimum atomic E-state index is -2.85. The van der Waals surface area contributed by atoms with Crippen molar-refractivity contribution in [3.63, 3.8) is 0 Å². The van der Waals surface area contributed by atoms with E-state index in [0.717, 1.165) is 5.56 Å². The Morgan fingerprint density at radius 2 is 2.21 bits per heavy atom. The number of alkyl halides is 2. The molecule has 0 bridgehead atoms. The molecular formula is C16H18F2N4O2. The van der Waals surface area contributed by atoms with Gasteiger partial charge < -0.3 is 9.84 Å². The molecule has 1 amide bonds. The van der Waals surface area contributed by atoms with Gasteiger partial charge in [-0.3, -0.25) is 10.1 Å². The van der Waals surface area contributed by atoms with Crippen LogP contribution in [0.25, 0.3) is 0 Å². The predicted octanol–water partition coefficient (Wildman–Crippen LogP) is 1.83. The Labute approximate surface area is 137 Å². The molecule has 0 radical (unpaired) electrons. The molecule has 1 aromatic carbocycles. The molecule has 6 nitrogen and oxygen atoms in total. The van der Waals surface area contributed by atoms with Crippen LogP contribution in [0.2, 0.25) is 0 Å². The van der Waals surface area contributed by atoms with Gasteiger partial charge >= 0.3 is 0 Å². The van der Waals surface area contributed by atoms with Gasteiger partial charge in [-0.15, -0.1) is 0 Å². The predicted molar refractivity (Wildman–Crippen MR) is 81.5 cm³/mol. The zero-order valence-electron chi connectivity index (χ0n) is 13.1. The van der Waals surface area contributed by atoms with E-state index in [-0.39, 0.29) is 0 Å². The minimum absolute atomic E-state index is 0.319. The molecule has 2 atom stereocenters. The monoisotopic (exact) mass is 336 g/mol. The standard InChI is InChI=1S/C16H18F2N4O2/c1-10(20-15(23)12-8-16(17,18)9-19-12)14-21-13(24-22-14)7-11-5-3-2-4-6-11/h2-6,10,12,19H,7-9H2,1H3,(H,20,23). The SMILES string of the molecule is CC(NC(=O)C1CC(F)(F)CN1)c1noc(Cc2ccccc2)n1. The highest BCUT2D eigenvalue weighted by Crippen LogP contribution is 2.25. The number of rotatable bonds is 5. The summed E-state index contributed by atoms with van der Waals surface area (Å²) in [6, 6.07) is 8.21. The fourth-order valence-electron chi connectivity index (χ4n) is 2.57. The quantitative estimate of drug-likeness (QED) is 0.871. The molecule has 0 aliphatic carbocycles. The molecule has 8 heteroatoms. The van der Waals surface area contributed by atoms with Gasteiger partial charge in [0.15, 0.2) is 5.82 Å². The molecule has 1 fully saturated rings. The summed E-state index contributed by atoms with van der Waals surface area (Å²) in [5.74, 6) is -2.59. The van der Waals surface area contributed by atoms with E-state index in [1.54, 1.807) is 6.92 Å². The lowest BCUT2D eigenvalue weighted by atomic mass is 10.1. The molecule has 1 aromatic heterocycles. The molecule has 2 N–H and O–H groups in total. The summed E-state index contributed by atoms with van der Waals surface area (Å²) in [6.07, 6.45) is -0.0119. The van der Waals surface area contributed by atoms with Crippen molar-refractivity contribution in [2.24, 2.45) is 0 Å². The van der Waals surface area contributed by atoms with Gasteiger partial charge in [0.2, 0.25) is 11.8 Å². The van der Waals surface area contributed by atoms with Gasteiger partial charge in [-0.1, -0.05) is 35.5 Å². The van der Waals surface area contributed by atoms with E-state index in [1.807, 2.05) is 30.3 Å². The number of hydrogen-bond acceptors (Lipinski definition) is 5. The van der Waals surface area contributed by atoms with Crippen molar-refractivity contribution in [1.82, 2.24) is 20.8 Å². The van der Waals surface area contributed by atoms with Crippen molar-refractivity contribution in [2.75, 3.05) is 6.54 Å². The van der Waals surface area contributed by atoms with Crippen molar-refractivity contribution in [3.8, 4) is 0 Å². The highest BCUT2D eigenvalue weighted by atomic mass is 19.3. The van der Waals surface area contributed by atoms with Crippen molar-refractivity contribution in [2.45, 2.75) is 37.8 Å². The van der Waals surface area contributed by atoms with Gasteiger partial charge in [0, 0.05) is 6.42 Å². The lowest BCUT2D eigenvalue weighted by molar-refractivity contribution is -0.124. The molecule has 128 valence electrons. The normalized spacial score (nSPS) is 20.7. The van der Waals surface area contributed by atoms with Gasteiger partial charge in [0.25, 0.3) is 5.92 Å². The lowest BCUT2D eigenvalue weighted by Crippen LogP contribution is -2.41. The Bertz CT molecular complexity index is 705. The molecule has 2 aromatic rings. The van der Waals surface area contributed by atoms with Crippen LogP contribution in [0.5, 0.6) is 0 Å². The van der Waals surface area contributed by atoms with Crippen LogP contribution >= 0.6 is 0 Å². The number of aromatic nitrogens is 2. The summed E-state index contributed by atoms with van der Waals surface area (Å²) in [4.78, 5) is 16.3. The Kier molecular flexibility index (Phi) is 4.57. The third-order valence-corrected chi connectivity index (χ3v) is 3.85. The van der Waals surface area contributed by atoms with Crippen LogP contribution in [0.4, 0.5) is 8.78 Å². The molecule has 24 heavy (non-hydrogen) atoms. The average molecular weight is 336 g/mol. The first-order chi connectivity index (χ1) is 11.4. The van der Waals surface area contributed by atoms with Gasteiger partial charge in [-0.2, -0.15) is 4.98 Å². The summed E-state index contributed by atoms with van der Waals surface area (Å²) in [7, 11) is 0. The van der Waals surface area contributed by atoms with E-state index < -0.39 is 36.9 Å². The maximum absolute atomic E-state index is 13.1. The van der Waals surface area contributed by atoms with Crippen molar-refractivity contribution < 1.29 is 18.1 Å². The smallest absolute Gasteiger partial charge is 0.262 e. The van der Waals surface area contributed by atoms with Crippen LogP contribution in [-0.2, 0) is 11.2 Å². The fourth-order valence-corrected chi connectivity index (χ4v) is 2.57. The van der Waals surface area contributed by atoms with Crippen molar-refractivity contribution in [1.29, 1.82) is 0 Å². The van der Waals surface area contributed by atoms with Crippen LogP contribution in [0.3, 0.4) is 0 Å². The van der Waals surface area contributed by atoms with Crippen LogP contribution in [-0.4, -0.2) is 34.6 Å². The zero-order valence-corrected chi connectivity index (χ0v) is 13.1. The highest BCUT2D eigenvalue weighted by Gasteiger charge is 2.42. The van der Waals surface area contributed by atoms with Gasteiger partial charge in [0.05, 0.1) is 25.0 Å². The minimum Gasteiger partial charge on any atom is -0.345 e. The van der Waals surface area contributed by atoms with Crippen LogP contribution in [0, 0.1) is 0 Å².